The topological polar surface area (TPSA) is 73.9 Å². The highest BCUT2D eigenvalue weighted by molar-refractivity contribution is 7.98. The summed E-state index contributed by atoms with van der Waals surface area (Å²) in [5, 5.41) is 8.05. The first-order valence-electron chi connectivity index (χ1n) is 13.1. The highest BCUT2D eigenvalue weighted by atomic mass is 35.5. The van der Waals surface area contributed by atoms with Crippen molar-refractivity contribution in [1.29, 1.82) is 0 Å². The molecule has 6 rings (SSSR count). The van der Waals surface area contributed by atoms with Crippen LogP contribution in [0.2, 0.25) is 5.02 Å². The predicted octanol–water partition coefficient (Wildman–Crippen LogP) is 3.61. The number of rotatable bonds is 4. The number of carbonyl (C=O) groups is 1. The van der Waals surface area contributed by atoms with Gasteiger partial charge in [-0.2, -0.15) is 5.10 Å². The zero-order valence-corrected chi connectivity index (χ0v) is 22.4. The van der Waals surface area contributed by atoms with Gasteiger partial charge in [0, 0.05) is 61.0 Å². The molecular formula is C26H36ClN5O3S. The second kappa shape index (κ2) is 12.8. The Morgan fingerprint density at radius 3 is 2.33 bits per heavy atom. The fourth-order valence-electron chi connectivity index (χ4n) is 5.11. The number of ether oxygens (including phenoxy) is 2. The first-order chi connectivity index (χ1) is 17.7. The Bertz CT molecular complexity index is 999. The molecule has 0 atom stereocenters. The highest BCUT2D eigenvalue weighted by Crippen LogP contribution is 2.44. The van der Waals surface area contributed by atoms with Crippen LogP contribution in [-0.2, 0) is 15.2 Å². The minimum Gasteiger partial charge on any atom is -0.379 e. The summed E-state index contributed by atoms with van der Waals surface area (Å²) in [6.45, 7) is 11.7. The van der Waals surface area contributed by atoms with Crippen LogP contribution in [-0.4, -0.2) is 110 Å². The molecular weight excluding hydrogens is 498 g/mol. The van der Waals surface area contributed by atoms with Crippen LogP contribution in [0.4, 0.5) is 0 Å². The highest BCUT2D eigenvalue weighted by Gasteiger charge is 2.29. The molecule has 3 fully saturated rings. The van der Waals surface area contributed by atoms with Crippen molar-refractivity contribution < 1.29 is 14.3 Å². The van der Waals surface area contributed by atoms with E-state index in [9.17, 15) is 4.79 Å². The van der Waals surface area contributed by atoms with Gasteiger partial charge in [0.25, 0.3) is 5.91 Å². The van der Waals surface area contributed by atoms with Crippen molar-refractivity contribution in [1.82, 2.24) is 24.9 Å². The molecule has 4 aliphatic heterocycles. The maximum atomic E-state index is 12.7. The van der Waals surface area contributed by atoms with Gasteiger partial charge in [0.15, 0.2) is 0 Å². The average Bonchev–Trinajstić information content (AvgIpc) is 3.38. The first kappa shape index (κ1) is 26.0. The Morgan fingerprint density at radius 1 is 0.944 bits per heavy atom. The van der Waals surface area contributed by atoms with Gasteiger partial charge in [0.05, 0.1) is 37.1 Å². The van der Waals surface area contributed by atoms with Crippen LogP contribution in [0, 0.1) is 0 Å². The maximum absolute atomic E-state index is 12.7. The van der Waals surface area contributed by atoms with Gasteiger partial charge in [-0.1, -0.05) is 30.2 Å². The summed E-state index contributed by atoms with van der Waals surface area (Å²) in [5.74, 6) is 0.705. The summed E-state index contributed by atoms with van der Waals surface area (Å²) >= 11 is 7.91. The van der Waals surface area contributed by atoms with Crippen molar-refractivity contribution in [3.63, 3.8) is 0 Å². The molecule has 8 nitrogen and oxygen atoms in total. The van der Waals surface area contributed by atoms with Crippen LogP contribution in [0.1, 0.15) is 35.3 Å². The summed E-state index contributed by atoms with van der Waals surface area (Å²) in [6, 6.07) is 5.79. The minimum absolute atomic E-state index is 0.00290. The van der Waals surface area contributed by atoms with Gasteiger partial charge >= 0.3 is 0 Å². The van der Waals surface area contributed by atoms with Gasteiger partial charge in [-0.25, -0.2) is 0 Å². The number of thioether (sulfide) groups is 1. The Morgan fingerprint density at radius 2 is 1.61 bits per heavy atom. The van der Waals surface area contributed by atoms with Crippen molar-refractivity contribution in [2.45, 2.75) is 29.9 Å². The SMILES string of the molecule is C1CCN(CCN2CCOCC2)CC1.O=C(c1[nH]nc2c1CSc1c(Cl)cccc1-2)N1CCOCC1. The summed E-state index contributed by atoms with van der Waals surface area (Å²) < 4.78 is 10.6. The van der Waals surface area contributed by atoms with E-state index in [4.69, 9.17) is 21.1 Å². The molecule has 1 aromatic heterocycles. The summed E-state index contributed by atoms with van der Waals surface area (Å²) in [7, 11) is 0. The van der Waals surface area contributed by atoms with Gasteiger partial charge in [0.1, 0.15) is 5.69 Å². The third-order valence-electron chi connectivity index (χ3n) is 7.25. The lowest BCUT2D eigenvalue weighted by molar-refractivity contribution is 0.0298. The van der Waals surface area contributed by atoms with E-state index in [1.807, 2.05) is 23.1 Å². The van der Waals surface area contributed by atoms with Gasteiger partial charge in [-0.15, -0.1) is 11.8 Å². The molecule has 0 spiro atoms. The average molecular weight is 534 g/mol. The van der Waals surface area contributed by atoms with Crippen molar-refractivity contribution >= 4 is 29.3 Å². The molecule has 5 heterocycles. The number of morpholine rings is 2. The van der Waals surface area contributed by atoms with E-state index in [0.29, 0.717) is 37.8 Å². The number of likely N-dealkylation sites (tertiary alicyclic amines) is 1. The number of piperidine rings is 1. The summed E-state index contributed by atoms with van der Waals surface area (Å²) in [6.07, 6.45) is 4.25. The number of halogens is 1. The number of carbonyl (C=O) groups excluding carboxylic acids is 1. The van der Waals surface area contributed by atoms with Crippen LogP contribution < -0.4 is 0 Å². The third kappa shape index (κ3) is 6.26. The van der Waals surface area contributed by atoms with Gasteiger partial charge in [-0.3, -0.25) is 14.8 Å². The minimum atomic E-state index is 0.00290. The van der Waals surface area contributed by atoms with Gasteiger partial charge < -0.3 is 19.3 Å². The Labute approximate surface area is 222 Å². The molecule has 10 heteroatoms. The number of hydrogen-bond donors (Lipinski definition) is 1. The molecule has 1 amide bonds. The van der Waals surface area contributed by atoms with E-state index in [-0.39, 0.29) is 5.91 Å². The molecule has 1 aromatic carbocycles. The summed E-state index contributed by atoms with van der Waals surface area (Å²) in [5.41, 5.74) is 3.40. The maximum Gasteiger partial charge on any atom is 0.272 e. The standard InChI is InChI=1S/C15H14ClN3O2S.C11H22N2O/c16-11-3-1-2-9-12-10(8-22-14(9)11)13(18-17-12)15(20)19-4-6-21-7-5-19;1-2-4-12(5-3-1)6-7-13-8-10-14-11-9-13/h1-3H,4-8H2,(H,17,18);1-11H2. The van der Waals surface area contributed by atoms with E-state index in [2.05, 4.69) is 20.0 Å². The predicted molar refractivity (Wildman–Crippen MR) is 143 cm³/mol. The number of fused-ring (bicyclic) bond motifs is 3. The molecule has 0 saturated carbocycles. The molecule has 0 bridgehead atoms. The van der Waals surface area contributed by atoms with Crippen LogP contribution >= 0.6 is 23.4 Å². The monoisotopic (exact) mass is 533 g/mol. The largest absolute Gasteiger partial charge is 0.379 e. The van der Waals surface area contributed by atoms with Crippen LogP contribution in [0.3, 0.4) is 0 Å². The molecule has 2 aromatic rings. The molecule has 0 unspecified atom stereocenters. The molecule has 196 valence electrons. The number of aromatic amines is 1. The second-order valence-electron chi connectivity index (χ2n) is 9.59. The van der Waals surface area contributed by atoms with E-state index in [0.717, 1.165) is 53.0 Å². The van der Waals surface area contributed by atoms with E-state index < -0.39 is 0 Å². The number of aromatic nitrogens is 2. The van der Waals surface area contributed by atoms with E-state index in [1.165, 1.54) is 45.4 Å². The number of hydrogen-bond acceptors (Lipinski definition) is 7. The molecule has 0 radical (unpaired) electrons. The second-order valence-corrected chi connectivity index (χ2v) is 11.0. The van der Waals surface area contributed by atoms with Crippen molar-refractivity contribution in [3.05, 3.63) is 34.5 Å². The van der Waals surface area contributed by atoms with Gasteiger partial charge in [0.2, 0.25) is 0 Å². The molecule has 3 saturated heterocycles. The number of H-pyrrole nitrogens is 1. The third-order valence-corrected chi connectivity index (χ3v) is 8.84. The number of benzene rings is 1. The lowest BCUT2D eigenvalue weighted by atomic mass is 10.1. The van der Waals surface area contributed by atoms with Crippen molar-refractivity contribution in [3.8, 4) is 11.3 Å². The quantitative estimate of drug-likeness (QED) is 0.643. The fraction of sp³-hybridized carbons (Fsp3) is 0.615. The molecule has 4 aliphatic rings. The Hall–Kier alpha value is -1.62. The lowest BCUT2D eigenvalue weighted by Crippen LogP contribution is -2.42. The van der Waals surface area contributed by atoms with Gasteiger partial charge in [-0.05, 0) is 32.0 Å². The molecule has 1 N–H and O–H groups in total. The summed E-state index contributed by atoms with van der Waals surface area (Å²) in [4.78, 5) is 20.7. The van der Waals surface area contributed by atoms with E-state index >= 15 is 0 Å². The number of amides is 1. The smallest absolute Gasteiger partial charge is 0.272 e. The Kier molecular flexibility index (Phi) is 9.21. The number of nitrogens with one attached hydrogen (secondary N) is 1. The molecule has 36 heavy (non-hydrogen) atoms. The number of nitrogens with zero attached hydrogens (tertiary/aromatic N) is 4. The normalized spacial score (nSPS) is 20.8. The van der Waals surface area contributed by atoms with Crippen LogP contribution in [0.15, 0.2) is 23.1 Å². The zero-order chi connectivity index (χ0) is 24.7. The fourth-order valence-corrected chi connectivity index (χ4v) is 6.54. The van der Waals surface area contributed by atoms with Crippen LogP contribution in [0.5, 0.6) is 0 Å². The first-order valence-corrected chi connectivity index (χ1v) is 14.5. The van der Waals surface area contributed by atoms with Crippen molar-refractivity contribution in [2.75, 3.05) is 78.8 Å². The van der Waals surface area contributed by atoms with Crippen molar-refractivity contribution in [2.24, 2.45) is 0 Å². The van der Waals surface area contributed by atoms with Crippen LogP contribution in [0.25, 0.3) is 11.3 Å². The lowest BCUT2D eigenvalue weighted by Gasteiger charge is -2.31. The Balaban J connectivity index is 0.000000165. The molecule has 0 aliphatic carbocycles. The zero-order valence-electron chi connectivity index (χ0n) is 20.8. The van der Waals surface area contributed by atoms with E-state index in [1.54, 1.807) is 11.8 Å².